The SMILES string of the molecule is COCCN(CCCl)Cc1cccc2ccccc12.Cl. The van der Waals surface area contributed by atoms with Crippen LogP contribution in [0.2, 0.25) is 0 Å². The molecule has 0 N–H and O–H groups in total. The Labute approximate surface area is 132 Å². The summed E-state index contributed by atoms with van der Waals surface area (Å²) in [5.74, 6) is 0.647. The summed E-state index contributed by atoms with van der Waals surface area (Å²) in [6, 6.07) is 15.0. The summed E-state index contributed by atoms with van der Waals surface area (Å²) in [4.78, 5) is 2.33. The summed E-state index contributed by atoms with van der Waals surface area (Å²) in [6.07, 6.45) is 0. The molecule has 0 atom stereocenters. The van der Waals surface area contributed by atoms with Crippen molar-refractivity contribution in [3.8, 4) is 0 Å². The second-order valence-corrected chi connectivity index (χ2v) is 4.97. The van der Waals surface area contributed by atoms with Crippen LogP contribution < -0.4 is 0 Å². The van der Waals surface area contributed by atoms with Crippen LogP contribution in [0.15, 0.2) is 42.5 Å². The van der Waals surface area contributed by atoms with Crippen molar-refractivity contribution in [3.05, 3.63) is 48.0 Å². The lowest BCUT2D eigenvalue weighted by atomic mass is 10.0. The fourth-order valence-electron chi connectivity index (χ4n) is 2.28. The molecule has 4 heteroatoms. The standard InChI is InChI=1S/C16H20ClNO.ClH/c1-19-12-11-18(10-9-17)13-15-7-4-6-14-5-2-3-8-16(14)15;/h2-8H,9-13H2,1H3;1H. The molecule has 2 aromatic rings. The number of nitrogens with zero attached hydrogens (tertiary/aromatic N) is 1. The van der Waals surface area contributed by atoms with Crippen LogP contribution in [0.3, 0.4) is 0 Å². The summed E-state index contributed by atoms with van der Waals surface area (Å²) in [6.45, 7) is 3.44. The van der Waals surface area contributed by atoms with E-state index in [4.69, 9.17) is 16.3 Å². The minimum absolute atomic E-state index is 0. The lowest BCUT2D eigenvalue weighted by Crippen LogP contribution is -2.29. The van der Waals surface area contributed by atoms with Gasteiger partial charge in [-0.05, 0) is 16.3 Å². The molecule has 0 aromatic heterocycles. The maximum Gasteiger partial charge on any atom is 0.0589 e. The van der Waals surface area contributed by atoms with E-state index in [1.165, 1.54) is 16.3 Å². The highest BCUT2D eigenvalue weighted by atomic mass is 35.5. The smallest absolute Gasteiger partial charge is 0.0589 e. The number of rotatable bonds is 7. The predicted molar refractivity (Wildman–Crippen MR) is 89.1 cm³/mol. The van der Waals surface area contributed by atoms with Crippen molar-refractivity contribution in [3.63, 3.8) is 0 Å². The first-order chi connectivity index (χ1) is 9.35. The minimum Gasteiger partial charge on any atom is -0.383 e. The number of fused-ring (bicyclic) bond motifs is 1. The van der Waals surface area contributed by atoms with Crippen LogP contribution in [0, 0.1) is 0 Å². The van der Waals surface area contributed by atoms with Gasteiger partial charge in [-0.3, -0.25) is 4.90 Å². The van der Waals surface area contributed by atoms with Crippen molar-refractivity contribution in [2.24, 2.45) is 0 Å². The zero-order chi connectivity index (χ0) is 13.5. The van der Waals surface area contributed by atoms with E-state index in [0.29, 0.717) is 5.88 Å². The summed E-state index contributed by atoms with van der Waals surface area (Å²) in [5, 5.41) is 2.61. The summed E-state index contributed by atoms with van der Waals surface area (Å²) in [5.41, 5.74) is 1.35. The van der Waals surface area contributed by atoms with Crippen LogP contribution in [-0.4, -0.2) is 37.6 Å². The van der Waals surface area contributed by atoms with Crippen molar-refractivity contribution < 1.29 is 4.74 Å². The fourth-order valence-corrected chi connectivity index (χ4v) is 2.52. The van der Waals surface area contributed by atoms with Gasteiger partial charge in [0.2, 0.25) is 0 Å². The fraction of sp³-hybridized carbons (Fsp3) is 0.375. The Bertz CT molecular complexity index is 513. The molecule has 0 aliphatic heterocycles. The molecule has 20 heavy (non-hydrogen) atoms. The Morgan fingerprint density at radius 1 is 1.05 bits per heavy atom. The van der Waals surface area contributed by atoms with Gasteiger partial charge >= 0.3 is 0 Å². The molecule has 110 valence electrons. The Balaban J connectivity index is 0.00000200. The van der Waals surface area contributed by atoms with Gasteiger partial charge in [0.25, 0.3) is 0 Å². The molecule has 0 amide bonds. The third-order valence-electron chi connectivity index (χ3n) is 3.29. The molecule has 0 radical (unpaired) electrons. The van der Waals surface area contributed by atoms with Gasteiger partial charge in [-0.2, -0.15) is 0 Å². The molecule has 0 aliphatic carbocycles. The average Bonchev–Trinajstić information content (AvgIpc) is 2.45. The zero-order valence-electron chi connectivity index (χ0n) is 11.7. The molecule has 0 unspecified atom stereocenters. The third-order valence-corrected chi connectivity index (χ3v) is 3.46. The van der Waals surface area contributed by atoms with Gasteiger partial charge in [0.05, 0.1) is 6.61 Å². The highest BCUT2D eigenvalue weighted by Crippen LogP contribution is 2.19. The number of hydrogen-bond donors (Lipinski definition) is 0. The number of benzene rings is 2. The molecule has 0 fully saturated rings. The molecule has 0 spiro atoms. The van der Waals surface area contributed by atoms with Crippen molar-refractivity contribution >= 4 is 34.8 Å². The van der Waals surface area contributed by atoms with Crippen LogP contribution in [0.25, 0.3) is 10.8 Å². The van der Waals surface area contributed by atoms with Gasteiger partial charge in [0.1, 0.15) is 0 Å². The van der Waals surface area contributed by atoms with Crippen LogP contribution in [0.4, 0.5) is 0 Å². The summed E-state index contributed by atoms with van der Waals surface area (Å²) < 4.78 is 5.16. The van der Waals surface area contributed by atoms with Gasteiger partial charge in [0.15, 0.2) is 0 Å². The molecule has 0 saturated carbocycles. The summed E-state index contributed by atoms with van der Waals surface area (Å²) in [7, 11) is 1.73. The highest BCUT2D eigenvalue weighted by molar-refractivity contribution is 6.18. The van der Waals surface area contributed by atoms with Crippen molar-refractivity contribution in [1.29, 1.82) is 0 Å². The second kappa shape index (κ2) is 9.19. The Kier molecular flexibility index (Phi) is 7.93. The molecule has 0 saturated heterocycles. The van der Waals surface area contributed by atoms with Crippen molar-refractivity contribution in [2.75, 3.05) is 32.7 Å². The topological polar surface area (TPSA) is 12.5 Å². The molecule has 2 rings (SSSR count). The van der Waals surface area contributed by atoms with E-state index in [-0.39, 0.29) is 12.4 Å². The van der Waals surface area contributed by atoms with Crippen molar-refractivity contribution in [1.82, 2.24) is 4.90 Å². The first-order valence-electron chi connectivity index (χ1n) is 6.59. The minimum atomic E-state index is 0. The zero-order valence-corrected chi connectivity index (χ0v) is 13.3. The Hall–Kier alpha value is -0.800. The number of alkyl halides is 1. The molecular formula is C16H21Cl2NO. The third kappa shape index (κ3) is 4.64. The number of halogens is 2. The predicted octanol–water partition coefficient (Wildman–Crippen LogP) is 3.95. The van der Waals surface area contributed by atoms with Gasteiger partial charge < -0.3 is 4.74 Å². The monoisotopic (exact) mass is 313 g/mol. The van der Waals surface area contributed by atoms with E-state index in [9.17, 15) is 0 Å². The van der Waals surface area contributed by atoms with E-state index in [0.717, 1.165) is 26.2 Å². The van der Waals surface area contributed by atoms with Crippen molar-refractivity contribution in [2.45, 2.75) is 6.54 Å². The van der Waals surface area contributed by atoms with Crippen LogP contribution >= 0.6 is 24.0 Å². The van der Waals surface area contributed by atoms with E-state index in [1.807, 2.05) is 0 Å². The van der Waals surface area contributed by atoms with Crippen LogP contribution in [0.5, 0.6) is 0 Å². The Morgan fingerprint density at radius 3 is 2.55 bits per heavy atom. The highest BCUT2D eigenvalue weighted by Gasteiger charge is 2.07. The molecular weight excluding hydrogens is 293 g/mol. The number of ether oxygens (including phenoxy) is 1. The molecule has 2 aromatic carbocycles. The molecule has 0 aliphatic rings. The summed E-state index contributed by atoms with van der Waals surface area (Å²) >= 11 is 5.88. The Morgan fingerprint density at radius 2 is 1.80 bits per heavy atom. The maximum atomic E-state index is 5.88. The van der Waals surface area contributed by atoms with Gasteiger partial charge in [-0.15, -0.1) is 24.0 Å². The number of methoxy groups -OCH3 is 1. The van der Waals surface area contributed by atoms with Crippen LogP contribution in [0.1, 0.15) is 5.56 Å². The normalized spacial score (nSPS) is 10.8. The first-order valence-corrected chi connectivity index (χ1v) is 7.12. The first kappa shape index (κ1) is 17.3. The lowest BCUT2D eigenvalue weighted by Gasteiger charge is -2.21. The molecule has 0 bridgehead atoms. The second-order valence-electron chi connectivity index (χ2n) is 4.60. The van der Waals surface area contributed by atoms with Gasteiger partial charge in [-0.25, -0.2) is 0 Å². The van der Waals surface area contributed by atoms with E-state index >= 15 is 0 Å². The van der Waals surface area contributed by atoms with Gasteiger partial charge in [0, 0.05) is 32.6 Å². The molecule has 0 heterocycles. The van der Waals surface area contributed by atoms with Crippen LogP contribution in [-0.2, 0) is 11.3 Å². The van der Waals surface area contributed by atoms with Gasteiger partial charge in [-0.1, -0.05) is 42.5 Å². The average molecular weight is 314 g/mol. The van der Waals surface area contributed by atoms with E-state index in [1.54, 1.807) is 7.11 Å². The lowest BCUT2D eigenvalue weighted by molar-refractivity contribution is 0.148. The van der Waals surface area contributed by atoms with E-state index in [2.05, 4.69) is 47.4 Å². The largest absolute Gasteiger partial charge is 0.383 e. The number of hydrogen-bond acceptors (Lipinski definition) is 2. The quantitative estimate of drug-likeness (QED) is 0.718. The maximum absolute atomic E-state index is 5.88. The molecule has 2 nitrogen and oxygen atoms in total. The van der Waals surface area contributed by atoms with E-state index < -0.39 is 0 Å².